The second-order valence-electron chi connectivity index (χ2n) is 13.7. The van der Waals surface area contributed by atoms with Gasteiger partial charge in [-0.1, -0.05) is 118 Å². The number of hydrogen-bond donors (Lipinski definition) is 0. The third kappa shape index (κ3) is 3.63. The minimum Gasteiger partial charge on any atom is -0.261 e. The van der Waals surface area contributed by atoms with E-state index in [9.17, 15) is 0 Å². The molecule has 0 amide bonds. The molecule has 0 saturated carbocycles. The third-order valence-corrected chi connectivity index (χ3v) is 15.4. The van der Waals surface area contributed by atoms with Crippen LogP contribution in [-0.2, 0) is 29.1 Å². The molecule has 1 aromatic heterocycles. The number of rotatable bonds is 2. The van der Waals surface area contributed by atoms with Crippen molar-refractivity contribution in [3.63, 3.8) is 0 Å². The maximum Gasteiger partial charge on any atom is 0.0373 e. The van der Waals surface area contributed by atoms with Crippen LogP contribution in [-0.4, -0.2) is 4.98 Å². The van der Waals surface area contributed by atoms with Crippen molar-refractivity contribution in [1.29, 1.82) is 0 Å². The Kier molecular flexibility index (Phi) is 5.64. The number of hydrogen-bond acceptors (Lipinski definition) is 2. The normalized spacial score (nSPS) is 20.2. The molecule has 43 heavy (non-hydrogen) atoms. The third-order valence-electron chi connectivity index (χ3n) is 10.3. The van der Waals surface area contributed by atoms with Crippen molar-refractivity contribution in [2.75, 3.05) is 0 Å². The van der Waals surface area contributed by atoms with Crippen LogP contribution in [0.25, 0.3) is 27.8 Å². The zero-order valence-corrected chi connectivity index (χ0v) is 27.5. The predicted octanol–water partition coefficient (Wildman–Crippen LogP) is 9.36. The van der Waals surface area contributed by atoms with Crippen LogP contribution in [0.3, 0.4) is 0 Å². The van der Waals surface area contributed by atoms with Gasteiger partial charge in [0.1, 0.15) is 0 Å². The number of nitrogens with zero attached hydrogens (tertiary/aromatic N) is 1. The first kappa shape index (κ1) is 27.0. The van der Waals surface area contributed by atoms with Gasteiger partial charge in [-0.3, -0.25) is 4.98 Å². The van der Waals surface area contributed by atoms with Crippen molar-refractivity contribution in [2.45, 2.75) is 58.8 Å². The Balaban J connectivity index is 1.38. The highest BCUT2D eigenvalue weighted by Gasteiger charge is 2.52. The Hall–Kier alpha value is -3.58. The number of benzene rings is 4. The second kappa shape index (κ2) is 8.98. The summed E-state index contributed by atoms with van der Waals surface area (Å²) < 4.78 is 0. The Morgan fingerprint density at radius 3 is 2.09 bits per heavy atom. The summed E-state index contributed by atoms with van der Waals surface area (Å²) in [5.41, 5.74) is 15.5. The van der Waals surface area contributed by atoms with Crippen molar-refractivity contribution in [3.8, 4) is 22.3 Å². The van der Waals surface area contributed by atoms with Crippen molar-refractivity contribution >= 4 is 34.0 Å². The van der Waals surface area contributed by atoms with E-state index >= 15 is 0 Å². The first-order valence-corrected chi connectivity index (χ1v) is 18.1. The van der Waals surface area contributed by atoms with Gasteiger partial charge in [0.15, 0.2) is 0 Å². The summed E-state index contributed by atoms with van der Waals surface area (Å²) in [7, 11) is 0. The summed E-state index contributed by atoms with van der Waals surface area (Å²) in [6.45, 7) is 14.0. The molecule has 5 aromatic rings. The number of allylic oxidation sites excluding steroid dienone is 2. The van der Waals surface area contributed by atoms with Gasteiger partial charge in [-0.05, 0) is 92.7 Å². The van der Waals surface area contributed by atoms with Crippen LogP contribution >= 0.6 is 6.04 Å². The van der Waals surface area contributed by atoms with Crippen LogP contribution in [0.4, 0.5) is 0 Å². The topological polar surface area (TPSA) is 12.9 Å². The summed E-state index contributed by atoms with van der Waals surface area (Å²) in [5.74, 6) is 0. The van der Waals surface area contributed by atoms with Gasteiger partial charge in [-0.15, -0.1) is 0 Å². The van der Waals surface area contributed by atoms with Crippen molar-refractivity contribution < 1.29 is 0 Å². The van der Waals surface area contributed by atoms with E-state index in [1.807, 2.05) is 13.1 Å². The van der Waals surface area contributed by atoms with E-state index in [0.717, 1.165) is 17.7 Å². The van der Waals surface area contributed by atoms with Gasteiger partial charge >= 0.3 is 0 Å². The molecule has 212 valence electrons. The lowest BCUT2D eigenvalue weighted by molar-refractivity contribution is 0.636. The van der Waals surface area contributed by atoms with Crippen molar-refractivity contribution in [2.24, 2.45) is 0 Å². The molecule has 0 radical (unpaired) electrons. The lowest BCUT2D eigenvalue weighted by Crippen LogP contribution is -2.45. The molecule has 1 aliphatic carbocycles. The second-order valence-corrected chi connectivity index (χ2v) is 18.1. The molecule has 2 aliphatic heterocycles. The maximum absolute atomic E-state index is 7.14. The van der Waals surface area contributed by atoms with E-state index in [4.69, 9.17) is 11.8 Å². The van der Waals surface area contributed by atoms with Gasteiger partial charge in [0.05, 0.1) is 0 Å². The summed E-state index contributed by atoms with van der Waals surface area (Å²) in [6.07, 6.45) is 2.94. The number of aryl methyl sites for hydroxylation is 2. The number of aromatic nitrogens is 1. The molecule has 8 rings (SSSR count). The summed E-state index contributed by atoms with van der Waals surface area (Å²) in [6, 6.07) is 32.0. The first-order valence-electron chi connectivity index (χ1n) is 15.3. The number of pyridine rings is 1. The molecular formula is C40H36NPS. The molecule has 0 spiro atoms. The minimum absolute atomic E-state index is 0.0981. The van der Waals surface area contributed by atoms with Gasteiger partial charge in [0.25, 0.3) is 0 Å². The standard InChI is InChI=1S/C40H36NPS/c1-24-18-33-38-34(19-24)40(5,6)37-31-13-8-7-10-29(31)22-36(37)42(38,43)35-17-16-28(21-32(35)39(33,3)4)26-11-9-12-27(20-26)30-15-14-25(2)41-23-30/h7-21,23H,22H2,1-6H3. The minimum atomic E-state index is -2.26. The molecule has 0 bridgehead atoms. The van der Waals surface area contributed by atoms with Gasteiger partial charge in [-0.2, -0.15) is 0 Å². The lowest BCUT2D eigenvalue weighted by Gasteiger charge is -2.49. The molecule has 1 atom stereocenters. The predicted molar refractivity (Wildman–Crippen MR) is 187 cm³/mol. The summed E-state index contributed by atoms with van der Waals surface area (Å²) >= 11 is 7.14. The van der Waals surface area contributed by atoms with Crippen LogP contribution in [0.1, 0.15) is 66.8 Å². The van der Waals surface area contributed by atoms with Crippen LogP contribution in [0.2, 0.25) is 0 Å². The highest BCUT2D eigenvalue weighted by Crippen LogP contribution is 2.69. The van der Waals surface area contributed by atoms with Crippen LogP contribution in [0.15, 0.2) is 103 Å². The Morgan fingerprint density at radius 2 is 1.35 bits per heavy atom. The summed E-state index contributed by atoms with van der Waals surface area (Å²) in [4.78, 5) is 4.54. The Morgan fingerprint density at radius 1 is 0.674 bits per heavy atom. The van der Waals surface area contributed by atoms with E-state index in [-0.39, 0.29) is 10.8 Å². The molecular weight excluding hydrogens is 557 g/mol. The highest BCUT2D eigenvalue weighted by atomic mass is 32.4. The largest absolute Gasteiger partial charge is 0.261 e. The van der Waals surface area contributed by atoms with Crippen LogP contribution < -0.4 is 10.6 Å². The Bertz CT molecular complexity index is 2090. The molecule has 1 unspecified atom stereocenters. The fourth-order valence-electron chi connectivity index (χ4n) is 8.07. The van der Waals surface area contributed by atoms with Crippen molar-refractivity contribution in [3.05, 3.63) is 142 Å². The molecule has 3 aliphatic rings. The molecule has 1 nitrogen and oxygen atoms in total. The Labute approximate surface area is 260 Å². The summed E-state index contributed by atoms with van der Waals surface area (Å²) in [5, 5.41) is 4.39. The van der Waals surface area contributed by atoms with Crippen molar-refractivity contribution in [1.82, 2.24) is 4.98 Å². The average molecular weight is 594 g/mol. The van der Waals surface area contributed by atoms with Gasteiger partial charge in [0.2, 0.25) is 0 Å². The van der Waals surface area contributed by atoms with E-state index < -0.39 is 6.04 Å². The zero-order chi connectivity index (χ0) is 29.9. The monoisotopic (exact) mass is 593 g/mol. The van der Waals surface area contributed by atoms with Gasteiger partial charge in [-0.25, -0.2) is 0 Å². The quantitative estimate of drug-likeness (QED) is 0.189. The molecule has 3 heterocycles. The van der Waals surface area contributed by atoms with Crippen LogP contribution in [0, 0.1) is 13.8 Å². The highest BCUT2D eigenvalue weighted by molar-refractivity contribution is 8.24. The van der Waals surface area contributed by atoms with E-state index in [2.05, 4.69) is 131 Å². The lowest BCUT2D eigenvalue weighted by atomic mass is 9.70. The zero-order valence-electron chi connectivity index (χ0n) is 25.7. The number of fused-ring (bicyclic) bond motifs is 5. The van der Waals surface area contributed by atoms with Gasteiger partial charge < -0.3 is 0 Å². The molecule has 3 heteroatoms. The fraction of sp³-hybridized carbons (Fsp3) is 0.225. The van der Waals surface area contributed by atoms with E-state index in [0.29, 0.717) is 0 Å². The molecule has 0 fully saturated rings. The molecule has 0 saturated heterocycles. The van der Waals surface area contributed by atoms with E-state index in [1.54, 1.807) is 0 Å². The molecule has 0 N–H and O–H groups in total. The maximum atomic E-state index is 7.14. The molecule has 4 aromatic carbocycles. The van der Waals surface area contributed by atoms with Gasteiger partial charge in [0, 0.05) is 46.0 Å². The average Bonchev–Trinajstić information content (AvgIpc) is 3.41. The first-order chi connectivity index (χ1) is 20.5. The van der Waals surface area contributed by atoms with E-state index in [1.165, 1.54) is 71.6 Å². The SMILES string of the molecule is Cc1cc2c3c(c1)C(C)(C)c1cc(-c4cccc(-c5ccc(C)nc5)c4)ccc1P3(=S)C1=C(c3ccccc3C1)C2(C)C. The fourth-order valence-corrected chi connectivity index (χ4v) is 13.8. The van der Waals surface area contributed by atoms with Crippen LogP contribution in [0.5, 0.6) is 0 Å². The smallest absolute Gasteiger partial charge is 0.0373 e.